The number of β-lactam (4-membered cyclic amide) rings is 1. The van der Waals surface area contributed by atoms with Gasteiger partial charge in [-0.1, -0.05) is 18.2 Å². The lowest BCUT2D eigenvalue weighted by molar-refractivity contribution is -0.170. The average Bonchev–Trinajstić information content (AvgIpc) is 2.82. The van der Waals surface area contributed by atoms with Crippen LogP contribution in [-0.4, -0.2) is 62.2 Å². The molecular formula is C17H20N2O5S. The molecule has 2 amide bonds. The van der Waals surface area contributed by atoms with E-state index in [1.54, 1.807) is 38.1 Å². The Labute approximate surface area is 149 Å². The fourth-order valence-corrected chi connectivity index (χ4v) is 5.18. The maximum absolute atomic E-state index is 12.6. The number of anilines is 1. The Hall–Kier alpha value is -2.06. The third kappa shape index (κ3) is 2.69. The summed E-state index contributed by atoms with van der Waals surface area (Å²) in [5.41, 5.74) is 0.609. The molecule has 1 aromatic rings. The first kappa shape index (κ1) is 17.8. The van der Waals surface area contributed by atoms with Gasteiger partial charge in [-0.05, 0) is 26.0 Å². The van der Waals surface area contributed by atoms with E-state index in [1.807, 2.05) is 6.07 Å². The summed E-state index contributed by atoms with van der Waals surface area (Å²) in [5, 5.41) is 19.4. The quantitative estimate of drug-likeness (QED) is 0.766. The number of aliphatic hydroxyl groups excluding tert-OH is 1. The zero-order valence-corrected chi connectivity index (χ0v) is 14.9. The normalized spacial score (nSPS) is 28.1. The molecule has 3 rings (SSSR count). The summed E-state index contributed by atoms with van der Waals surface area (Å²) in [5.74, 6) is -3.07. The molecule has 0 bridgehead atoms. The lowest BCUT2D eigenvalue weighted by Crippen LogP contribution is -2.67. The zero-order chi connectivity index (χ0) is 18.5. The number of carbonyl (C=O) groups is 3. The predicted octanol–water partition coefficient (Wildman–Crippen LogP) is 0.773. The van der Waals surface area contributed by atoms with E-state index in [4.69, 9.17) is 0 Å². The highest BCUT2D eigenvalue weighted by Gasteiger charge is 2.66. The van der Waals surface area contributed by atoms with Gasteiger partial charge in [0.2, 0.25) is 5.91 Å². The number of amides is 2. The lowest BCUT2D eigenvalue weighted by atomic mass is 9.87. The molecule has 25 heavy (non-hydrogen) atoms. The largest absolute Gasteiger partial charge is 0.480 e. The summed E-state index contributed by atoms with van der Waals surface area (Å²) < 4.78 is -0.686. The second-order valence-electron chi connectivity index (χ2n) is 6.80. The standard InChI is InChI=1S/C17H20N2O5S/c1-17(2)12(16(23)24)19-13(21)10(15(19)25-17)11(20)14(22)18(3)9-7-5-4-6-8-9/h4-8,10-12,15,20H,1-3H3,(H,23,24)/t10-,11+,12+,15-/m1/s1. The molecule has 0 aromatic heterocycles. The molecule has 2 N–H and O–H groups in total. The van der Waals surface area contributed by atoms with Crippen LogP contribution in [0.3, 0.4) is 0 Å². The number of thioether (sulfide) groups is 1. The molecule has 0 unspecified atom stereocenters. The highest BCUT2D eigenvalue weighted by molar-refractivity contribution is 8.01. The third-order valence-electron chi connectivity index (χ3n) is 4.78. The minimum absolute atomic E-state index is 0.488. The van der Waals surface area contributed by atoms with Crippen molar-refractivity contribution in [1.82, 2.24) is 4.90 Å². The number of hydrogen-bond acceptors (Lipinski definition) is 5. The fraction of sp³-hybridized carbons (Fsp3) is 0.471. The third-order valence-corrected chi connectivity index (χ3v) is 6.38. The number of carbonyl (C=O) groups excluding carboxylic acids is 2. The summed E-state index contributed by atoms with van der Waals surface area (Å²) >= 11 is 1.31. The number of nitrogens with zero attached hydrogens (tertiary/aromatic N) is 2. The average molecular weight is 364 g/mol. The van der Waals surface area contributed by atoms with Gasteiger partial charge in [0.25, 0.3) is 5.91 Å². The van der Waals surface area contributed by atoms with Crippen molar-refractivity contribution >= 4 is 35.2 Å². The number of fused-ring (bicyclic) bond motifs is 1. The predicted molar refractivity (Wildman–Crippen MR) is 93.1 cm³/mol. The molecule has 2 aliphatic heterocycles. The van der Waals surface area contributed by atoms with Crippen molar-refractivity contribution in [3.05, 3.63) is 30.3 Å². The van der Waals surface area contributed by atoms with Crippen LogP contribution < -0.4 is 4.90 Å². The first-order valence-electron chi connectivity index (χ1n) is 7.90. The van der Waals surface area contributed by atoms with Crippen LogP contribution in [-0.2, 0) is 14.4 Å². The first-order chi connectivity index (χ1) is 11.7. The molecule has 2 heterocycles. The molecule has 2 aliphatic rings. The number of aliphatic hydroxyl groups is 1. The van der Waals surface area contributed by atoms with Crippen molar-refractivity contribution in [2.24, 2.45) is 5.92 Å². The SMILES string of the molecule is CN(C(=O)[C@@H](O)[C@@H]1C(=O)N2[C@@H]1SC(C)(C)[C@@H]2C(=O)O)c1ccccc1. The Morgan fingerprint density at radius 2 is 1.88 bits per heavy atom. The molecule has 7 nitrogen and oxygen atoms in total. The number of para-hydroxylation sites is 1. The van der Waals surface area contributed by atoms with Crippen LogP contribution in [0.1, 0.15) is 13.8 Å². The number of likely N-dealkylation sites (N-methyl/N-ethyl adjacent to an activating group) is 1. The summed E-state index contributed by atoms with van der Waals surface area (Å²) in [6.45, 7) is 3.51. The van der Waals surface area contributed by atoms with E-state index in [1.165, 1.54) is 28.6 Å². The van der Waals surface area contributed by atoms with Gasteiger partial charge in [0, 0.05) is 17.5 Å². The Kier molecular flexibility index (Phi) is 4.28. The molecule has 0 radical (unpaired) electrons. The van der Waals surface area contributed by atoms with Crippen molar-refractivity contribution in [3.63, 3.8) is 0 Å². The van der Waals surface area contributed by atoms with Gasteiger partial charge in [0.05, 0.1) is 5.37 Å². The van der Waals surface area contributed by atoms with Crippen LogP contribution in [0.15, 0.2) is 30.3 Å². The monoisotopic (exact) mass is 364 g/mol. The molecule has 1 aromatic carbocycles. The van der Waals surface area contributed by atoms with E-state index in [2.05, 4.69) is 0 Å². The second-order valence-corrected chi connectivity index (χ2v) is 8.57. The van der Waals surface area contributed by atoms with Crippen molar-refractivity contribution < 1.29 is 24.6 Å². The Morgan fingerprint density at radius 1 is 1.28 bits per heavy atom. The van der Waals surface area contributed by atoms with Crippen LogP contribution in [0.2, 0.25) is 0 Å². The van der Waals surface area contributed by atoms with Crippen LogP contribution >= 0.6 is 11.8 Å². The highest BCUT2D eigenvalue weighted by Crippen LogP contribution is 2.54. The van der Waals surface area contributed by atoms with Crippen molar-refractivity contribution in [1.29, 1.82) is 0 Å². The Bertz CT molecular complexity index is 723. The summed E-state index contributed by atoms with van der Waals surface area (Å²) in [6, 6.07) is 7.86. The molecule has 2 fully saturated rings. The minimum atomic E-state index is -1.50. The molecule has 0 spiro atoms. The highest BCUT2D eigenvalue weighted by atomic mass is 32.2. The smallest absolute Gasteiger partial charge is 0.327 e. The van der Waals surface area contributed by atoms with Gasteiger partial charge in [-0.3, -0.25) is 9.59 Å². The first-order valence-corrected chi connectivity index (χ1v) is 8.78. The molecule has 2 saturated heterocycles. The molecule has 134 valence electrons. The van der Waals surface area contributed by atoms with Crippen LogP contribution in [0.5, 0.6) is 0 Å². The summed E-state index contributed by atoms with van der Waals surface area (Å²) in [6.07, 6.45) is -1.50. The van der Waals surface area contributed by atoms with E-state index in [9.17, 15) is 24.6 Å². The number of benzene rings is 1. The number of aliphatic carboxylic acids is 1. The van der Waals surface area contributed by atoms with Gasteiger partial charge in [0.15, 0.2) is 0 Å². The van der Waals surface area contributed by atoms with Gasteiger partial charge >= 0.3 is 5.97 Å². The van der Waals surface area contributed by atoms with E-state index < -0.39 is 46.0 Å². The van der Waals surface area contributed by atoms with Crippen LogP contribution in [0, 0.1) is 5.92 Å². The maximum atomic E-state index is 12.6. The molecule has 0 aliphatic carbocycles. The van der Waals surface area contributed by atoms with Crippen molar-refractivity contribution in [2.45, 2.75) is 36.1 Å². The van der Waals surface area contributed by atoms with E-state index in [-0.39, 0.29) is 0 Å². The Morgan fingerprint density at radius 3 is 2.44 bits per heavy atom. The molecule has 4 atom stereocenters. The van der Waals surface area contributed by atoms with Gasteiger partial charge in [0.1, 0.15) is 18.1 Å². The summed E-state index contributed by atoms with van der Waals surface area (Å²) in [7, 11) is 1.54. The van der Waals surface area contributed by atoms with Gasteiger partial charge in [-0.15, -0.1) is 11.8 Å². The van der Waals surface area contributed by atoms with E-state index in [0.717, 1.165) is 0 Å². The van der Waals surface area contributed by atoms with Crippen molar-refractivity contribution in [3.8, 4) is 0 Å². The van der Waals surface area contributed by atoms with Gasteiger partial charge < -0.3 is 20.0 Å². The lowest BCUT2D eigenvalue weighted by Gasteiger charge is -2.45. The molecular weight excluding hydrogens is 344 g/mol. The minimum Gasteiger partial charge on any atom is -0.480 e. The Balaban J connectivity index is 1.79. The topological polar surface area (TPSA) is 98.2 Å². The van der Waals surface area contributed by atoms with E-state index in [0.29, 0.717) is 5.69 Å². The second kappa shape index (κ2) is 6.03. The van der Waals surface area contributed by atoms with Crippen molar-refractivity contribution in [2.75, 3.05) is 11.9 Å². The fourth-order valence-electron chi connectivity index (χ4n) is 3.46. The van der Waals surface area contributed by atoms with Gasteiger partial charge in [-0.2, -0.15) is 0 Å². The zero-order valence-electron chi connectivity index (χ0n) is 14.1. The van der Waals surface area contributed by atoms with Crippen LogP contribution in [0.4, 0.5) is 5.69 Å². The number of rotatable bonds is 4. The summed E-state index contributed by atoms with van der Waals surface area (Å²) in [4.78, 5) is 39.1. The number of carboxylic acids is 1. The van der Waals surface area contributed by atoms with Gasteiger partial charge in [-0.25, -0.2) is 4.79 Å². The molecule has 8 heteroatoms. The maximum Gasteiger partial charge on any atom is 0.327 e. The van der Waals surface area contributed by atoms with E-state index >= 15 is 0 Å². The van der Waals surface area contributed by atoms with Crippen LogP contribution in [0.25, 0.3) is 0 Å². The number of hydrogen-bond donors (Lipinski definition) is 2. The molecule has 0 saturated carbocycles. The number of carboxylic acid groups (broad SMARTS) is 1.